The van der Waals surface area contributed by atoms with Gasteiger partial charge in [-0.05, 0) is 19.3 Å². The van der Waals surface area contributed by atoms with Crippen LogP contribution >= 0.6 is 0 Å². The summed E-state index contributed by atoms with van der Waals surface area (Å²) in [4.78, 5) is 24.3. The normalized spacial score (nSPS) is 14.9. The van der Waals surface area contributed by atoms with E-state index in [1.807, 2.05) is 0 Å². The molecule has 7 heteroatoms. The highest BCUT2D eigenvalue weighted by molar-refractivity contribution is 6.12. The molecule has 2 heterocycles. The molecule has 0 aliphatic carbocycles. The Kier molecular flexibility index (Phi) is 5.06. The van der Waals surface area contributed by atoms with E-state index < -0.39 is 17.6 Å². The summed E-state index contributed by atoms with van der Waals surface area (Å²) in [6.07, 6.45) is 4.24. The van der Waals surface area contributed by atoms with Crippen molar-refractivity contribution in [3.63, 3.8) is 0 Å². The van der Waals surface area contributed by atoms with E-state index in [0.717, 1.165) is 31.5 Å². The average molecular weight is 290 g/mol. The molecule has 7 nitrogen and oxygen atoms in total. The van der Waals surface area contributed by atoms with Gasteiger partial charge in [0.2, 0.25) is 5.91 Å². The fourth-order valence-corrected chi connectivity index (χ4v) is 2.40. The van der Waals surface area contributed by atoms with Crippen LogP contribution in [0.5, 0.6) is 0 Å². The second-order valence-corrected chi connectivity index (χ2v) is 4.90. The van der Waals surface area contributed by atoms with Gasteiger partial charge in [0.1, 0.15) is 0 Å². The van der Waals surface area contributed by atoms with Crippen LogP contribution in [0.2, 0.25) is 0 Å². The Bertz CT molecular complexity index is 573. The van der Waals surface area contributed by atoms with Crippen LogP contribution in [0, 0.1) is 17.2 Å². The van der Waals surface area contributed by atoms with Gasteiger partial charge < -0.3 is 10.1 Å². The SMILES string of the molecule is COCCNC(=O)[C@H](C#N)C(=O)c1cnn2c1CCCC2. The minimum atomic E-state index is -1.34. The molecule has 0 unspecified atom stereocenters. The molecule has 0 saturated heterocycles. The number of carbonyl (C=O) groups is 2. The third kappa shape index (κ3) is 3.28. The molecule has 0 radical (unpaired) electrons. The lowest BCUT2D eigenvalue weighted by Gasteiger charge is -2.15. The molecule has 0 fully saturated rings. The number of amides is 1. The van der Waals surface area contributed by atoms with Crippen LogP contribution in [-0.4, -0.2) is 41.7 Å². The highest BCUT2D eigenvalue weighted by atomic mass is 16.5. The zero-order chi connectivity index (χ0) is 15.2. The summed E-state index contributed by atoms with van der Waals surface area (Å²) >= 11 is 0. The molecular weight excluding hydrogens is 272 g/mol. The molecule has 1 N–H and O–H groups in total. The van der Waals surface area contributed by atoms with Gasteiger partial charge in [0.25, 0.3) is 0 Å². The van der Waals surface area contributed by atoms with E-state index in [0.29, 0.717) is 12.2 Å². The first-order valence-electron chi connectivity index (χ1n) is 6.94. The van der Waals surface area contributed by atoms with Crippen molar-refractivity contribution in [3.05, 3.63) is 17.5 Å². The summed E-state index contributed by atoms with van der Waals surface area (Å²) in [6, 6.07) is 1.78. The molecule has 1 aromatic rings. The van der Waals surface area contributed by atoms with E-state index >= 15 is 0 Å². The molecule has 21 heavy (non-hydrogen) atoms. The first-order chi connectivity index (χ1) is 10.2. The van der Waals surface area contributed by atoms with E-state index in [1.54, 1.807) is 10.8 Å². The molecule has 0 aromatic carbocycles. The summed E-state index contributed by atoms with van der Waals surface area (Å²) in [6.45, 7) is 1.38. The maximum Gasteiger partial charge on any atom is 0.245 e. The number of nitrogens with one attached hydrogen (secondary N) is 1. The Morgan fingerprint density at radius 1 is 1.57 bits per heavy atom. The Morgan fingerprint density at radius 2 is 2.38 bits per heavy atom. The molecule has 1 atom stereocenters. The number of Topliss-reactive ketones (excluding diaryl/α,β-unsaturated/α-hetero) is 1. The first kappa shape index (κ1) is 15.2. The van der Waals surface area contributed by atoms with Gasteiger partial charge in [-0.15, -0.1) is 0 Å². The molecule has 1 aliphatic rings. The Labute approximate surface area is 122 Å². The van der Waals surface area contributed by atoms with Crippen molar-refractivity contribution in [1.82, 2.24) is 15.1 Å². The summed E-state index contributed by atoms with van der Waals surface area (Å²) in [5.41, 5.74) is 1.22. The minimum absolute atomic E-state index is 0.271. The number of rotatable bonds is 6. The van der Waals surface area contributed by atoms with E-state index in [-0.39, 0.29) is 6.54 Å². The number of aryl methyl sites for hydroxylation is 1. The molecule has 0 spiro atoms. The summed E-state index contributed by atoms with van der Waals surface area (Å²) in [5, 5.41) is 15.8. The van der Waals surface area contributed by atoms with Crippen molar-refractivity contribution in [3.8, 4) is 6.07 Å². The van der Waals surface area contributed by atoms with Gasteiger partial charge in [-0.3, -0.25) is 14.3 Å². The lowest BCUT2D eigenvalue weighted by Crippen LogP contribution is -2.36. The number of methoxy groups -OCH3 is 1. The van der Waals surface area contributed by atoms with Crippen LogP contribution < -0.4 is 5.32 Å². The summed E-state index contributed by atoms with van der Waals surface area (Å²) < 4.78 is 6.60. The standard InChI is InChI=1S/C14H18N4O3/c1-21-7-5-16-14(20)10(8-15)13(19)11-9-17-18-6-3-2-4-12(11)18/h9-10H,2-7H2,1H3,(H,16,20)/t10-/m1/s1. The number of hydrogen-bond acceptors (Lipinski definition) is 5. The first-order valence-corrected chi connectivity index (χ1v) is 6.94. The molecule has 0 saturated carbocycles. The number of hydrogen-bond donors (Lipinski definition) is 1. The van der Waals surface area contributed by atoms with Crippen LogP contribution in [-0.2, 0) is 22.5 Å². The Hall–Kier alpha value is -2.20. The van der Waals surface area contributed by atoms with Gasteiger partial charge in [-0.1, -0.05) is 0 Å². The molecule has 0 bridgehead atoms. The number of carbonyl (C=O) groups excluding carboxylic acids is 2. The molecule has 2 rings (SSSR count). The molecule has 1 amide bonds. The maximum absolute atomic E-state index is 12.4. The third-order valence-electron chi connectivity index (χ3n) is 3.51. The second-order valence-electron chi connectivity index (χ2n) is 4.90. The molecule has 1 aromatic heterocycles. The Balaban J connectivity index is 2.12. The van der Waals surface area contributed by atoms with E-state index in [4.69, 9.17) is 10.00 Å². The highest BCUT2D eigenvalue weighted by Crippen LogP contribution is 2.20. The minimum Gasteiger partial charge on any atom is -0.383 e. The zero-order valence-electron chi connectivity index (χ0n) is 12.0. The predicted molar refractivity (Wildman–Crippen MR) is 73.5 cm³/mol. The highest BCUT2D eigenvalue weighted by Gasteiger charge is 2.31. The van der Waals surface area contributed by atoms with Crippen molar-refractivity contribution in [2.45, 2.75) is 25.8 Å². The average Bonchev–Trinajstić information content (AvgIpc) is 2.92. The fraction of sp³-hybridized carbons (Fsp3) is 0.571. The molecular formula is C14H18N4O3. The van der Waals surface area contributed by atoms with Crippen molar-refractivity contribution in [2.75, 3.05) is 20.3 Å². The van der Waals surface area contributed by atoms with Gasteiger partial charge in [0, 0.05) is 25.9 Å². The van der Waals surface area contributed by atoms with Crippen molar-refractivity contribution in [1.29, 1.82) is 5.26 Å². The van der Waals surface area contributed by atoms with Gasteiger partial charge in [-0.2, -0.15) is 10.4 Å². The lowest BCUT2D eigenvalue weighted by molar-refractivity contribution is -0.122. The van der Waals surface area contributed by atoms with Crippen LogP contribution in [0.4, 0.5) is 0 Å². The number of ketones is 1. The largest absolute Gasteiger partial charge is 0.383 e. The molecule has 1 aliphatic heterocycles. The fourth-order valence-electron chi connectivity index (χ4n) is 2.40. The molecule has 112 valence electrons. The maximum atomic E-state index is 12.4. The lowest BCUT2D eigenvalue weighted by atomic mass is 9.96. The third-order valence-corrected chi connectivity index (χ3v) is 3.51. The number of ether oxygens (including phenoxy) is 1. The van der Waals surface area contributed by atoms with Crippen LogP contribution in [0.15, 0.2) is 6.20 Å². The van der Waals surface area contributed by atoms with Gasteiger partial charge in [0.15, 0.2) is 11.7 Å². The second kappa shape index (κ2) is 6.99. The topological polar surface area (TPSA) is 97.0 Å². The number of aromatic nitrogens is 2. The van der Waals surface area contributed by atoms with Crippen molar-refractivity contribution in [2.24, 2.45) is 5.92 Å². The van der Waals surface area contributed by atoms with E-state index in [9.17, 15) is 9.59 Å². The zero-order valence-corrected chi connectivity index (χ0v) is 12.0. The predicted octanol–water partition coefficient (Wildman–Crippen LogP) is 0.304. The summed E-state index contributed by atoms with van der Waals surface area (Å²) in [5.74, 6) is -2.40. The number of nitrogens with zero attached hydrogens (tertiary/aromatic N) is 3. The van der Waals surface area contributed by atoms with Gasteiger partial charge in [0.05, 0.1) is 24.4 Å². The quantitative estimate of drug-likeness (QED) is 0.462. The van der Waals surface area contributed by atoms with Crippen LogP contribution in [0.25, 0.3) is 0 Å². The van der Waals surface area contributed by atoms with Gasteiger partial charge in [-0.25, -0.2) is 0 Å². The number of fused-ring (bicyclic) bond motifs is 1. The number of nitriles is 1. The smallest absolute Gasteiger partial charge is 0.245 e. The monoisotopic (exact) mass is 290 g/mol. The summed E-state index contributed by atoms with van der Waals surface area (Å²) in [7, 11) is 1.51. The van der Waals surface area contributed by atoms with E-state index in [1.165, 1.54) is 13.3 Å². The van der Waals surface area contributed by atoms with Crippen LogP contribution in [0.3, 0.4) is 0 Å². The van der Waals surface area contributed by atoms with Crippen molar-refractivity contribution < 1.29 is 14.3 Å². The van der Waals surface area contributed by atoms with Gasteiger partial charge >= 0.3 is 0 Å². The van der Waals surface area contributed by atoms with E-state index in [2.05, 4.69) is 10.4 Å². The Morgan fingerprint density at radius 3 is 3.10 bits per heavy atom. The van der Waals surface area contributed by atoms with Crippen molar-refractivity contribution >= 4 is 11.7 Å². The van der Waals surface area contributed by atoms with Crippen LogP contribution in [0.1, 0.15) is 28.9 Å².